The molecule has 200 valence electrons. The van der Waals surface area contributed by atoms with Crippen molar-refractivity contribution in [3.8, 4) is 11.8 Å². The first kappa shape index (κ1) is 26.4. The van der Waals surface area contributed by atoms with Crippen LogP contribution in [0.3, 0.4) is 0 Å². The number of amides is 2. The Labute approximate surface area is 229 Å². The normalized spacial score (nSPS) is 16.8. The van der Waals surface area contributed by atoms with Gasteiger partial charge in [-0.25, -0.2) is 0 Å². The number of aromatic nitrogens is 1. The standard InChI is InChI=1S/C31H33N5O3/c32-20-23-6-8-24(9-7-23)22-35-16-12-26(13-17-35)34-30(37)25-10-11-29(33-21-25)31(38)36-18-14-28(15-19-36)39-27-4-2-1-3-5-27/h1-11,21,26,28H,12-19,22H2,(H,34,37). The van der Waals surface area contributed by atoms with Crippen LogP contribution in [0.4, 0.5) is 0 Å². The molecular formula is C31H33N5O3. The maximum Gasteiger partial charge on any atom is 0.272 e. The van der Waals surface area contributed by atoms with Gasteiger partial charge in [-0.1, -0.05) is 30.3 Å². The number of carbonyl (C=O) groups excluding carboxylic acids is 2. The molecule has 3 aromatic rings. The van der Waals surface area contributed by atoms with Gasteiger partial charge in [0.05, 0.1) is 17.2 Å². The number of benzene rings is 2. The van der Waals surface area contributed by atoms with E-state index in [2.05, 4.69) is 21.3 Å². The second-order valence-electron chi connectivity index (χ2n) is 10.2. The number of nitrogens with zero attached hydrogens (tertiary/aromatic N) is 4. The Morgan fingerprint density at radius 3 is 2.28 bits per heavy atom. The summed E-state index contributed by atoms with van der Waals surface area (Å²) in [6.07, 6.45) is 4.87. The number of para-hydroxylation sites is 1. The predicted molar refractivity (Wildman–Crippen MR) is 147 cm³/mol. The first-order valence-corrected chi connectivity index (χ1v) is 13.6. The second-order valence-corrected chi connectivity index (χ2v) is 10.2. The fraction of sp³-hybridized carbons (Fsp3) is 0.355. The van der Waals surface area contributed by atoms with E-state index >= 15 is 0 Å². The van der Waals surface area contributed by atoms with E-state index in [1.807, 2.05) is 54.6 Å². The monoisotopic (exact) mass is 523 g/mol. The molecule has 2 amide bonds. The van der Waals surface area contributed by atoms with Crippen molar-refractivity contribution in [3.63, 3.8) is 0 Å². The van der Waals surface area contributed by atoms with Gasteiger partial charge in [0.25, 0.3) is 11.8 Å². The molecule has 1 N–H and O–H groups in total. The highest BCUT2D eigenvalue weighted by Crippen LogP contribution is 2.20. The van der Waals surface area contributed by atoms with Crippen molar-refractivity contribution in [1.29, 1.82) is 5.26 Å². The van der Waals surface area contributed by atoms with Crippen LogP contribution in [-0.2, 0) is 6.54 Å². The van der Waals surface area contributed by atoms with Gasteiger partial charge < -0.3 is 15.0 Å². The van der Waals surface area contributed by atoms with Crippen molar-refractivity contribution >= 4 is 11.8 Å². The van der Waals surface area contributed by atoms with Crippen LogP contribution in [0.1, 0.15) is 57.7 Å². The van der Waals surface area contributed by atoms with Crippen molar-refractivity contribution in [2.45, 2.75) is 44.4 Å². The number of ether oxygens (including phenoxy) is 1. The summed E-state index contributed by atoms with van der Waals surface area (Å²) < 4.78 is 6.02. The van der Waals surface area contributed by atoms with Crippen LogP contribution < -0.4 is 10.1 Å². The number of nitrogens with one attached hydrogen (secondary N) is 1. The van der Waals surface area contributed by atoms with E-state index in [1.165, 1.54) is 11.8 Å². The highest BCUT2D eigenvalue weighted by Gasteiger charge is 2.26. The summed E-state index contributed by atoms with van der Waals surface area (Å²) in [5, 5.41) is 12.1. The minimum Gasteiger partial charge on any atom is -0.490 e. The van der Waals surface area contributed by atoms with Gasteiger partial charge in [0.15, 0.2) is 0 Å². The Hall–Kier alpha value is -4.22. The van der Waals surface area contributed by atoms with Gasteiger partial charge in [-0.05, 0) is 54.8 Å². The van der Waals surface area contributed by atoms with Crippen LogP contribution in [0.15, 0.2) is 72.9 Å². The molecule has 39 heavy (non-hydrogen) atoms. The number of nitriles is 1. The van der Waals surface area contributed by atoms with Crippen LogP contribution >= 0.6 is 0 Å². The summed E-state index contributed by atoms with van der Waals surface area (Å²) in [7, 11) is 0. The Bertz CT molecular complexity index is 1290. The van der Waals surface area contributed by atoms with Gasteiger partial charge in [0.2, 0.25) is 0 Å². The lowest BCUT2D eigenvalue weighted by atomic mass is 10.0. The van der Waals surface area contributed by atoms with E-state index in [0.717, 1.165) is 51.1 Å². The lowest BCUT2D eigenvalue weighted by molar-refractivity contribution is 0.0589. The summed E-state index contributed by atoms with van der Waals surface area (Å²) in [5.41, 5.74) is 2.66. The van der Waals surface area contributed by atoms with Gasteiger partial charge >= 0.3 is 0 Å². The molecule has 5 rings (SSSR count). The third-order valence-electron chi connectivity index (χ3n) is 7.43. The molecule has 1 aromatic heterocycles. The number of piperidine rings is 2. The fourth-order valence-corrected chi connectivity index (χ4v) is 5.13. The van der Waals surface area contributed by atoms with Gasteiger partial charge in [0, 0.05) is 57.8 Å². The zero-order valence-electron chi connectivity index (χ0n) is 22.0. The average Bonchev–Trinajstić information content (AvgIpc) is 2.99. The lowest BCUT2D eigenvalue weighted by Gasteiger charge is -2.32. The molecule has 0 bridgehead atoms. The third kappa shape index (κ3) is 7.01. The molecule has 0 atom stereocenters. The number of hydrogen-bond donors (Lipinski definition) is 1. The SMILES string of the molecule is N#Cc1ccc(CN2CCC(NC(=O)c3ccc(C(=O)N4CCC(Oc5ccccc5)CC4)nc3)CC2)cc1. The number of pyridine rings is 1. The van der Waals surface area contributed by atoms with Gasteiger partial charge in [0.1, 0.15) is 17.5 Å². The van der Waals surface area contributed by atoms with Crippen LogP contribution in [0, 0.1) is 11.3 Å². The van der Waals surface area contributed by atoms with E-state index in [4.69, 9.17) is 10.00 Å². The molecule has 3 heterocycles. The third-order valence-corrected chi connectivity index (χ3v) is 7.43. The molecule has 0 radical (unpaired) electrons. The molecule has 0 spiro atoms. The number of rotatable bonds is 7. The largest absolute Gasteiger partial charge is 0.490 e. The molecule has 2 aliphatic heterocycles. The Balaban J connectivity index is 1.05. The van der Waals surface area contributed by atoms with Crippen molar-refractivity contribution < 1.29 is 14.3 Å². The summed E-state index contributed by atoms with van der Waals surface area (Å²) in [5.74, 6) is 0.576. The summed E-state index contributed by atoms with van der Waals surface area (Å²) >= 11 is 0. The van der Waals surface area contributed by atoms with E-state index in [1.54, 1.807) is 17.0 Å². The van der Waals surface area contributed by atoms with Crippen LogP contribution in [-0.4, -0.2) is 64.9 Å². The minimum atomic E-state index is -0.161. The molecule has 0 unspecified atom stereocenters. The van der Waals surface area contributed by atoms with Crippen molar-refractivity contribution in [2.24, 2.45) is 0 Å². The highest BCUT2D eigenvalue weighted by molar-refractivity contribution is 5.96. The van der Waals surface area contributed by atoms with E-state index < -0.39 is 0 Å². The molecular weight excluding hydrogens is 490 g/mol. The molecule has 2 aliphatic rings. The number of likely N-dealkylation sites (tertiary alicyclic amines) is 2. The summed E-state index contributed by atoms with van der Waals surface area (Å²) in [4.78, 5) is 34.3. The minimum absolute atomic E-state index is 0.0957. The molecule has 2 saturated heterocycles. The molecule has 2 fully saturated rings. The van der Waals surface area contributed by atoms with Gasteiger partial charge in [-0.15, -0.1) is 0 Å². The maximum absolute atomic E-state index is 13.0. The van der Waals surface area contributed by atoms with E-state index in [9.17, 15) is 9.59 Å². The highest BCUT2D eigenvalue weighted by atomic mass is 16.5. The topological polar surface area (TPSA) is 98.6 Å². The van der Waals surface area contributed by atoms with Crippen molar-refractivity contribution in [1.82, 2.24) is 20.1 Å². The molecule has 0 saturated carbocycles. The Morgan fingerprint density at radius 1 is 0.923 bits per heavy atom. The second kappa shape index (κ2) is 12.5. The molecule has 8 nitrogen and oxygen atoms in total. The number of hydrogen-bond acceptors (Lipinski definition) is 6. The molecule has 8 heteroatoms. The Morgan fingerprint density at radius 2 is 1.64 bits per heavy atom. The summed E-state index contributed by atoms with van der Waals surface area (Å²) in [6, 6.07) is 23.0. The van der Waals surface area contributed by atoms with E-state index in [-0.39, 0.29) is 24.0 Å². The van der Waals surface area contributed by atoms with Crippen LogP contribution in [0.5, 0.6) is 5.75 Å². The molecule has 0 aliphatic carbocycles. The average molecular weight is 524 g/mol. The van der Waals surface area contributed by atoms with Crippen LogP contribution in [0.25, 0.3) is 0 Å². The molecule has 2 aromatic carbocycles. The van der Waals surface area contributed by atoms with Gasteiger partial charge in [-0.3, -0.25) is 19.5 Å². The Kier molecular flexibility index (Phi) is 8.49. The van der Waals surface area contributed by atoms with Gasteiger partial charge in [-0.2, -0.15) is 5.26 Å². The first-order valence-electron chi connectivity index (χ1n) is 13.6. The van der Waals surface area contributed by atoms with Crippen molar-refractivity contribution in [3.05, 3.63) is 95.3 Å². The predicted octanol–water partition coefficient (Wildman–Crippen LogP) is 4.03. The quantitative estimate of drug-likeness (QED) is 0.502. The van der Waals surface area contributed by atoms with Crippen molar-refractivity contribution in [2.75, 3.05) is 26.2 Å². The maximum atomic E-state index is 13.0. The first-order chi connectivity index (χ1) is 19.1. The lowest BCUT2D eigenvalue weighted by Crippen LogP contribution is -2.44. The summed E-state index contributed by atoms with van der Waals surface area (Å²) in [6.45, 7) is 3.85. The fourth-order valence-electron chi connectivity index (χ4n) is 5.13. The van der Waals surface area contributed by atoms with E-state index in [0.29, 0.717) is 29.9 Å². The van der Waals surface area contributed by atoms with Crippen LogP contribution in [0.2, 0.25) is 0 Å². The zero-order chi connectivity index (χ0) is 27.0. The zero-order valence-corrected chi connectivity index (χ0v) is 22.0. The smallest absolute Gasteiger partial charge is 0.272 e. The number of carbonyl (C=O) groups is 2.